The van der Waals surface area contributed by atoms with Gasteiger partial charge in [0.25, 0.3) is 0 Å². The van der Waals surface area contributed by atoms with E-state index >= 15 is 0 Å². The quantitative estimate of drug-likeness (QED) is 0.386. The second-order valence-corrected chi connectivity index (χ2v) is 9.67. The van der Waals surface area contributed by atoms with Crippen molar-refractivity contribution in [1.82, 2.24) is 10.2 Å². The van der Waals surface area contributed by atoms with Gasteiger partial charge in [-0.1, -0.05) is 24.3 Å². The molecule has 0 aromatic heterocycles. The highest BCUT2D eigenvalue weighted by atomic mass is 127. The van der Waals surface area contributed by atoms with Gasteiger partial charge in [0.15, 0.2) is 15.8 Å². The Labute approximate surface area is 174 Å². The Balaban J connectivity index is 0.00000338. The van der Waals surface area contributed by atoms with Crippen molar-refractivity contribution in [2.75, 3.05) is 32.5 Å². The van der Waals surface area contributed by atoms with E-state index in [9.17, 15) is 8.42 Å². The van der Waals surface area contributed by atoms with Gasteiger partial charge >= 0.3 is 0 Å². The molecule has 0 atom stereocenters. The van der Waals surface area contributed by atoms with Crippen LogP contribution in [0.25, 0.3) is 0 Å². The Bertz CT molecular complexity index is 720. The van der Waals surface area contributed by atoms with Gasteiger partial charge in [-0.15, -0.1) is 24.0 Å². The van der Waals surface area contributed by atoms with Crippen molar-refractivity contribution < 1.29 is 13.2 Å². The monoisotopic (exact) mass is 495 g/mol. The Morgan fingerprint density at radius 1 is 1.35 bits per heavy atom. The highest BCUT2D eigenvalue weighted by Crippen LogP contribution is 2.23. The van der Waals surface area contributed by atoms with Crippen LogP contribution in [0, 0.1) is 0 Å². The molecule has 1 aromatic rings. The molecule has 8 heteroatoms. The number of hydrogen-bond acceptors (Lipinski definition) is 4. The summed E-state index contributed by atoms with van der Waals surface area (Å²) in [6.45, 7) is 8.37. The minimum absolute atomic E-state index is 0. The standard InChI is InChI=1S/C18H29N3O3S.HI/c1-5-19-17(21-9-10-25(22,23)18(2,3)14-21)20-12-15-7-6-8-16(11-15)13-24-4;/h6-8,11H,5,9-10,12-14H2,1-4H3,(H,19,20);1H. The average molecular weight is 495 g/mol. The van der Waals surface area contributed by atoms with Crippen LogP contribution in [0.5, 0.6) is 0 Å². The Morgan fingerprint density at radius 2 is 2.04 bits per heavy atom. The van der Waals surface area contributed by atoms with Crippen LogP contribution in [-0.4, -0.2) is 56.5 Å². The lowest BCUT2D eigenvalue weighted by Crippen LogP contribution is -2.57. The molecule has 0 saturated carbocycles. The summed E-state index contributed by atoms with van der Waals surface area (Å²) in [4.78, 5) is 6.76. The smallest absolute Gasteiger partial charge is 0.194 e. The number of sulfone groups is 1. The number of halogens is 1. The molecular formula is C18H30IN3O3S. The Morgan fingerprint density at radius 3 is 2.65 bits per heavy atom. The van der Waals surface area contributed by atoms with Crippen molar-refractivity contribution in [3.8, 4) is 0 Å². The van der Waals surface area contributed by atoms with Crippen LogP contribution >= 0.6 is 24.0 Å². The van der Waals surface area contributed by atoms with Gasteiger partial charge in [0, 0.05) is 26.7 Å². The number of rotatable bonds is 5. The van der Waals surface area contributed by atoms with E-state index in [1.807, 2.05) is 30.0 Å². The van der Waals surface area contributed by atoms with Crippen LogP contribution in [0.1, 0.15) is 31.9 Å². The van der Waals surface area contributed by atoms with Crippen LogP contribution in [0.2, 0.25) is 0 Å². The van der Waals surface area contributed by atoms with E-state index in [2.05, 4.69) is 11.4 Å². The minimum atomic E-state index is -3.06. The molecule has 1 saturated heterocycles. The largest absolute Gasteiger partial charge is 0.380 e. The molecule has 1 heterocycles. The van der Waals surface area contributed by atoms with Crippen molar-refractivity contribution in [1.29, 1.82) is 0 Å². The zero-order valence-electron chi connectivity index (χ0n) is 16.0. The fourth-order valence-corrected chi connectivity index (χ4v) is 4.27. The molecule has 148 valence electrons. The minimum Gasteiger partial charge on any atom is -0.380 e. The number of ether oxygens (including phenoxy) is 1. The van der Waals surface area contributed by atoms with Gasteiger partial charge in [0.2, 0.25) is 0 Å². The zero-order chi connectivity index (χ0) is 18.5. The maximum absolute atomic E-state index is 12.2. The number of benzene rings is 1. The number of nitrogens with one attached hydrogen (secondary N) is 1. The molecule has 0 unspecified atom stereocenters. The summed E-state index contributed by atoms with van der Waals surface area (Å²) in [5, 5.41) is 3.28. The van der Waals surface area contributed by atoms with Crippen molar-refractivity contribution in [2.24, 2.45) is 4.99 Å². The molecule has 0 aliphatic carbocycles. The van der Waals surface area contributed by atoms with Crippen molar-refractivity contribution >= 4 is 39.8 Å². The highest BCUT2D eigenvalue weighted by Gasteiger charge is 2.40. The first-order chi connectivity index (χ1) is 11.8. The molecule has 2 rings (SSSR count). The molecule has 1 aromatic carbocycles. The molecule has 6 nitrogen and oxygen atoms in total. The number of methoxy groups -OCH3 is 1. The molecule has 1 fully saturated rings. The third kappa shape index (κ3) is 5.82. The zero-order valence-corrected chi connectivity index (χ0v) is 19.1. The summed E-state index contributed by atoms with van der Waals surface area (Å²) < 4.78 is 28.8. The van der Waals surface area contributed by atoms with Crippen molar-refractivity contribution in [2.45, 2.75) is 38.7 Å². The number of aliphatic imine (C=N–C) groups is 1. The predicted octanol–water partition coefficient (Wildman–Crippen LogP) is 2.43. The van der Waals surface area contributed by atoms with Crippen molar-refractivity contribution in [3.05, 3.63) is 35.4 Å². The summed E-state index contributed by atoms with van der Waals surface area (Å²) in [7, 11) is -1.38. The SMILES string of the molecule is CCNC(=NCc1cccc(COC)c1)N1CCS(=O)(=O)C(C)(C)C1.I. The number of hydrogen-bond donors (Lipinski definition) is 1. The van der Waals surface area contributed by atoms with Gasteiger partial charge in [0.1, 0.15) is 0 Å². The third-order valence-electron chi connectivity index (χ3n) is 4.39. The van der Waals surface area contributed by atoms with Gasteiger partial charge in [-0.05, 0) is 31.9 Å². The summed E-state index contributed by atoms with van der Waals surface area (Å²) in [5.41, 5.74) is 2.22. The maximum Gasteiger partial charge on any atom is 0.194 e. The normalized spacial score (nSPS) is 18.9. The van der Waals surface area contributed by atoms with Gasteiger partial charge in [-0.25, -0.2) is 13.4 Å². The molecule has 1 aliphatic heterocycles. The molecule has 1 aliphatic rings. The first-order valence-corrected chi connectivity index (χ1v) is 10.3. The van der Waals surface area contributed by atoms with E-state index in [4.69, 9.17) is 9.73 Å². The van der Waals surface area contributed by atoms with E-state index in [0.29, 0.717) is 26.2 Å². The summed E-state index contributed by atoms with van der Waals surface area (Å²) in [5.74, 6) is 0.927. The second kappa shape index (κ2) is 9.89. The first-order valence-electron chi connectivity index (χ1n) is 8.61. The van der Waals surface area contributed by atoms with E-state index in [1.165, 1.54) is 0 Å². The van der Waals surface area contributed by atoms with Crippen molar-refractivity contribution in [3.63, 3.8) is 0 Å². The van der Waals surface area contributed by atoms with Gasteiger partial charge in [0.05, 0.1) is 23.7 Å². The topological polar surface area (TPSA) is 71.0 Å². The molecule has 0 radical (unpaired) electrons. The van der Waals surface area contributed by atoms with E-state index in [1.54, 1.807) is 21.0 Å². The first kappa shape index (κ1) is 23.2. The van der Waals surface area contributed by atoms with Crippen LogP contribution in [-0.2, 0) is 27.7 Å². The molecule has 0 spiro atoms. The number of nitrogens with zero attached hydrogens (tertiary/aromatic N) is 2. The molecule has 0 amide bonds. The van der Waals surface area contributed by atoms with Crippen LogP contribution in [0.15, 0.2) is 29.3 Å². The average Bonchev–Trinajstić information content (AvgIpc) is 2.55. The van der Waals surface area contributed by atoms with Gasteiger partial charge < -0.3 is 15.0 Å². The molecule has 0 bridgehead atoms. The lowest BCUT2D eigenvalue weighted by atomic mass is 10.1. The van der Waals surface area contributed by atoms with Gasteiger partial charge in [-0.2, -0.15) is 0 Å². The lowest BCUT2D eigenvalue weighted by molar-refractivity contribution is 0.185. The number of guanidine groups is 1. The lowest BCUT2D eigenvalue weighted by Gasteiger charge is -2.39. The second-order valence-electron chi connectivity index (χ2n) is 6.92. The molecule has 1 N–H and O–H groups in total. The fraction of sp³-hybridized carbons (Fsp3) is 0.611. The predicted molar refractivity (Wildman–Crippen MR) is 117 cm³/mol. The van der Waals surface area contributed by atoms with E-state index in [-0.39, 0.29) is 29.7 Å². The fourth-order valence-electron chi connectivity index (χ4n) is 2.90. The maximum atomic E-state index is 12.2. The molecular weight excluding hydrogens is 465 g/mol. The highest BCUT2D eigenvalue weighted by molar-refractivity contribution is 14.0. The van der Waals surface area contributed by atoms with Gasteiger partial charge in [-0.3, -0.25) is 0 Å². The van der Waals surface area contributed by atoms with E-state index < -0.39 is 14.6 Å². The van der Waals surface area contributed by atoms with Crippen LogP contribution < -0.4 is 5.32 Å². The summed E-state index contributed by atoms with van der Waals surface area (Å²) in [6, 6.07) is 8.15. The third-order valence-corrected chi connectivity index (χ3v) is 6.92. The Hall–Kier alpha value is -0.870. The van der Waals surface area contributed by atoms with Crippen LogP contribution in [0.3, 0.4) is 0 Å². The Kier molecular flexibility index (Phi) is 8.81. The molecule has 26 heavy (non-hydrogen) atoms. The van der Waals surface area contributed by atoms with E-state index in [0.717, 1.165) is 23.6 Å². The summed E-state index contributed by atoms with van der Waals surface area (Å²) >= 11 is 0. The van der Waals surface area contributed by atoms with Crippen LogP contribution in [0.4, 0.5) is 0 Å². The summed E-state index contributed by atoms with van der Waals surface area (Å²) in [6.07, 6.45) is 0.